The van der Waals surface area contributed by atoms with E-state index in [9.17, 15) is 4.79 Å². The normalized spacial score (nSPS) is 20.8. The molecule has 1 atom stereocenters. The van der Waals surface area contributed by atoms with Crippen LogP contribution >= 0.6 is 0 Å². The lowest BCUT2D eigenvalue weighted by Crippen LogP contribution is -2.29. The van der Waals surface area contributed by atoms with Gasteiger partial charge in [0.15, 0.2) is 5.65 Å². The number of likely N-dealkylation sites (tertiary alicyclic amines) is 1. The zero-order chi connectivity index (χ0) is 18.6. The first-order valence-electron chi connectivity index (χ1n) is 10.3. The standard InChI is InChI=1S/C21H30N4O2/c1-27-14-13-25-20(23-18-7-4-11-22-21(18)25)17-10-12-24(15-17)19(26)9-8-16-5-2-3-6-16/h4,7,11,16-17H,2-3,5-6,8-10,12-15H2,1H3/t17-/m1/s1. The van der Waals surface area contributed by atoms with Crippen LogP contribution < -0.4 is 0 Å². The molecule has 6 heteroatoms. The Morgan fingerprint density at radius 3 is 2.96 bits per heavy atom. The second kappa shape index (κ2) is 8.38. The number of carbonyl (C=O) groups excluding carboxylic acids is 1. The number of rotatable bonds is 7. The molecule has 1 aliphatic carbocycles. The minimum Gasteiger partial charge on any atom is -0.383 e. The van der Waals surface area contributed by atoms with Crippen LogP contribution in [0.5, 0.6) is 0 Å². The maximum atomic E-state index is 12.7. The summed E-state index contributed by atoms with van der Waals surface area (Å²) < 4.78 is 7.46. The third kappa shape index (κ3) is 4.00. The van der Waals surface area contributed by atoms with Gasteiger partial charge in [-0.1, -0.05) is 25.7 Å². The Balaban J connectivity index is 1.44. The summed E-state index contributed by atoms with van der Waals surface area (Å²) in [5, 5.41) is 0. The van der Waals surface area contributed by atoms with Crippen LogP contribution in [0, 0.1) is 5.92 Å². The molecule has 1 amide bonds. The molecular weight excluding hydrogens is 340 g/mol. The summed E-state index contributed by atoms with van der Waals surface area (Å²) in [6.45, 7) is 2.99. The summed E-state index contributed by atoms with van der Waals surface area (Å²) in [5.74, 6) is 2.43. The minimum absolute atomic E-state index is 0.284. The van der Waals surface area contributed by atoms with Gasteiger partial charge < -0.3 is 14.2 Å². The van der Waals surface area contributed by atoms with Gasteiger partial charge in [-0.3, -0.25) is 4.79 Å². The number of nitrogens with zero attached hydrogens (tertiary/aromatic N) is 4. The lowest BCUT2D eigenvalue weighted by Gasteiger charge is -2.18. The van der Waals surface area contributed by atoms with Crippen molar-refractivity contribution in [2.75, 3.05) is 26.8 Å². The summed E-state index contributed by atoms with van der Waals surface area (Å²) in [5.41, 5.74) is 1.84. The maximum Gasteiger partial charge on any atom is 0.222 e. The van der Waals surface area contributed by atoms with Crippen LogP contribution in [0.3, 0.4) is 0 Å². The van der Waals surface area contributed by atoms with E-state index in [1.807, 2.05) is 23.2 Å². The van der Waals surface area contributed by atoms with Gasteiger partial charge in [0.2, 0.25) is 5.91 Å². The zero-order valence-corrected chi connectivity index (χ0v) is 16.3. The molecule has 4 rings (SSSR count). The summed E-state index contributed by atoms with van der Waals surface area (Å²) in [7, 11) is 1.71. The summed E-state index contributed by atoms with van der Waals surface area (Å²) in [6.07, 6.45) is 9.87. The third-order valence-electron chi connectivity index (χ3n) is 6.20. The van der Waals surface area contributed by atoms with Crippen molar-refractivity contribution in [3.8, 4) is 0 Å². The topological polar surface area (TPSA) is 60.2 Å². The minimum atomic E-state index is 0.284. The molecule has 146 valence electrons. The Hall–Kier alpha value is -1.95. The van der Waals surface area contributed by atoms with Gasteiger partial charge in [-0.15, -0.1) is 0 Å². The molecular formula is C21H30N4O2. The number of imidazole rings is 1. The largest absolute Gasteiger partial charge is 0.383 e. The SMILES string of the molecule is COCCn1c([C@@H]2CCN(C(=O)CCC3CCCC3)C2)nc2cccnc21. The number of fused-ring (bicyclic) bond motifs is 1. The number of pyridine rings is 1. The van der Waals surface area contributed by atoms with E-state index in [2.05, 4.69) is 9.55 Å². The molecule has 2 fully saturated rings. The van der Waals surface area contributed by atoms with Crippen molar-refractivity contribution in [1.82, 2.24) is 19.4 Å². The molecule has 27 heavy (non-hydrogen) atoms. The highest BCUT2D eigenvalue weighted by Gasteiger charge is 2.31. The number of methoxy groups -OCH3 is 1. The van der Waals surface area contributed by atoms with Crippen molar-refractivity contribution < 1.29 is 9.53 Å². The van der Waals surface area contributed by atoms with Crippen LogP contribution in [-0.2, 0) is 16.1 Å². The highest BCUT2D eigenvalue weighted by molar-refractivity contribution is 5.76. The van der Waals surface area contributed by atoms with Crippen molar-refractivity contribution in [1.29, 1.82) is 0 Å². The van der Waals surface area contributed by atoms with Gasteiger partial charge in [-0.05, 0) is 30.9 Å². The van der Waals surface area contributed by atoms with E-state index in [0.29, 0.717) is 18.9 Å². The van der Waals surface area contributed by atoms with E-state index in [4.69, 9.17) is 9.72 Å². The van der Waals surface area contributed by atoms with Crippen molar-refractivity contribution in [3.63, 3.8) is 0 Å². The number of aromatic nitrogens is 3. The van der Waals surface area contributed by atoms with Crippen molar-refractivity contribution in [2.24, 2.45) is 5.92 Å². The lowest BCUT2D eigenvalue weighted by atomic mass is 10.0. The number of hydrogen-bond donors (Lipinski definition) is 0. The summed E-state index contributed by atoms with van der Waals surface area (Å²) in [4.78, 5) is 24.1. The smallest absolute Gasteiger partial charge is 0.222 e. The first kappa shape index (κ1) is 18.4. The molecule has 2 aromatic rings. The fourth-order valence-electron chi connectivity index (χ4n) is 4.67. The van der Waals surface area contributed by atoms with Gasteiger partial charge in [0.05, 0.1) is 6.61 Å². The molecule has 0 radical (unpaired) electrons. The molecule has 3 heterocycles. The number of hydrogen-bond acceptors (Lipinski definition) is 4. The fraction of sp³-hybridized carbons (Fsp3) is 0.667. The van der Waals surface area contributed by atoms with Crippen LogP contribution in [0.1, 0.15) is 56.7 Å². The van der Waals surface area contributed by atoms with E-state index < -0.39 is 0 Å². The first-order valence-corrected chi connectivity index (χ1v) is 10.3. The number of amides is 1. The molecule has 1 saturated carbocycles. The predicted molar refractivity (Wildman–Crippen MR) is 105 cm³/mol. The molecule has 6 nitrogen and oxygen atoms in total. The third-order valence-corrected chi connectivity index (χ3v) is 6.20. The van der Waals surface area contributed by atoms with Gasteiger partial charge in [0.25, 0.3) is 0 Å². The van der Waals surface area contributed by atoms with Crippen molar-refractivity contribution in [3.05, 3.63) is 24.2 Å². The van der Waals surface area contributed by atoms with E-state index in [-0.39, 0.29) is 5.92 Å². The summed E-state index contributed by atoms with van der Waals surface area (Å²) in [6, 6.07) is 3.93. The first-order chi connectivity index (χ1) is 13.3. The van der Waals surface area contributed by atoms with Gasteiger partial charge in [-0.2, -0.15) is 0 Å². The second-order valence-corrected chi connectivity index (χ2v) is 7.98. The Kier molecular flexibility index (Phi) is 5.72. The quantitative estimate of drug-likeness (QED) is 0.750. The Bertz CT molecular complexity index is 782. The second-order valence-electron chi connectivity index (χ2n) is 7.98. The van der Waals surface area contributed by atoms with Gasteiger partial charge in [0, 0.05) is 45.3 Å². The molecule has 1 saturated heterocycles. The predicted octanol–water partition coefficient (Wildman–Crippen LogP) is 3.36. The Morgan fingerprint density at radius 1 is 1.30 bits per heavy atom. The van der Waals surface area contributed by atoms with Gasteiger partial charge in [-0.25, -0.2) is 9.97 Å². The van der Waals surface area contributed by atoms with E-state index in [1.165, 1.54) is 25.7 Å². The van der Waals surface area contributed by atoms with E-state index in [1.54, 1.807) is 7.11 Å². The molecule has 1 aliphatic heterocycles. The van der Waals surface area contributed by atoms with E-state index in [0.717, 1.165) is 55.4 Å². The molecule has 0 bridgehead atoms. The van der Waals surface area contributed by atoms with Crippen LogP contribution in [0.2, 0.25) is 0 Å². The van der Waals surface area contributed by atoms with Gasteiger partial charge in [0.1, 0.15) is 11.3 Å². The van der Waals surface area contributed by atoms with E-state index >= 15 is 0 Å². The summed E-state index contributed by atoms with van der Waals surface area (Å²) >= 11 is 0. The molecule has 0 unspecified atom stereocenters. The molecule has 0 spiro atoms. The molecule has 0 aromatic carbocycles. The average molecular weight is 370 g/mol. The molecule has 2 aliphatic rings. The Morgan fingerprint density at radius 2 is 2.15 bits per heavy atom. The fourth-order valence-corrected chi connectivity index (χ4v) is 4.67. The van der Waals surface area contributed by atoms with Gasteiger partial charge >= 0.3 is 0 Å². The number of carbonyl (C=O) groups is 1. The van der Waals surface area contributed by atoms with Crippen LogP contribution in [-0.4, -0.2) is 52.1 Å². The monoisotopic (exact) mass is 370 g/mol. The highest BCUT2D eigenvalue weighted by Crippen LogP contribution is 2.31. The van der Waals surface area contributed by atoms with Crippen molar-refractivity contribution in [2.45, 2.75) is 57.4 Å². The van der Waals surface area contributed by atoms with Crippen molar-refractivity contribution >= 4 is 17.1 Å². The zero-order valence-electron chi connectivity index (χ0n) is 16.3. The van der Waals surface area contributed by atoms with Crippen LogP contribution in [0.4, 0.5) is 0 Å². The average Bonchev–Trinajstić information content (AvgIpc) is 3.44. The number of ether oxygens (including phenoxy) is 1. The van der Waals surface area contributed by atoms with Crippen LogP contribution in [0.15, 0.2) is 18.3 Å². The highest BCUT2D eigenvalue weighted by atomic mass is 16.5. The molecule has 0 N–H and O–H groups in total. The Labute approximate surface area is 160 Å². The van der Waals surface area contributed by atoms with Crippen LogP contribution in [0.25, 0.3) is 11.2 Å². The molecule has 2 aromatic heterocycles. The maximum absolute atomic E-state index is 12.7. The lowest BCUT2D eigenvalue weighted by molar-refractivity contribution is -0.130.